The average molecular weight is 625 g/mol. The van der Waals surface area contributed by atoms with Crippen LogP contribution >= 0.6 is 50.5 Å². The van der Waals surface area contributed by atoms with Gasteiger partial charge in [0, 0.05) is 37.6 Å². The number of methoxy groups -OCH3 is 2. The summed E-state index contributed by atoms with van der Waals surface area (Å²) in [6, 6.07) is 10.6. The van der Waals surface area contributed by atoms with E-state index in [0.717, 1.165) is 54.8 Å². The van der Waals surface area contributed by atoms with Gasteiger partial charge in [0.2, 0.25) is 0 Å². The van der Waals surface area contributed by atoms with Crippen molar-refractivity contribution in [1.82, 2.24) is 4.90 Å². The maximum absolute atomic E-state index is 6.79. The smallest absolute Gasteiger partial charge is 0.157 e. The van der Waals surface area contributed by atoms with Gasteiger partial charge in [-0.2, -0.15) is 0 Å². The van der Waals surface area contributed by atoms with Gasteiger partial charge in [0.05, 0.1) is 30.5 Å². The summed E-state index contributed by atoms with van der Waals surface area (Å²) in [6.07, 6.45) is 0. The number of benzene rings is 2. The lowest BCUT2D eigenvalue weighted by molar-refractivity contribution is 0.271. The molecule has 2 aliphatic heterocycles. The van der Waals surface area contributed by atoms with Crippen LogP contribution in [0.2, 0.25) is 10.0 Å². The molecule has 0 amide bonds. The molecule has 0 atom stereocenters. The van der Waals surface area contributed by atoms with Crippen LogP contribution in [0, 0.1) is 0 Å². The zero-order chi connectivity index (χ0) is 26.1. The van der Waals surface area contributed by atoms with Crippen molar-refractivity contribution in [2.24, 2.45) is 4.99 Å². The van der Waals surface area contributed by atoms with E-state index in [-0.39, 0.29) is 0 Å². The van der Waals surface area contributed by atoms with E-state index in [1.807, 2.05) is 16.3 Å². The van der Waals surface area contributed by atoms with Gasteiger partial charge < -0.3 is 29.5 Å². The molecule has 0 radical (unpaired) electrons. The van der Waals surface area contributed by atoms with E-state index < -0.39 is 0 Å². The molecule has 3 aromatic rings. The molecule has 0 aliphatic carbocycles. The topological polar surface area (TPSA) is 52.6 Å². The minimum Gasteiger partial charge on any atom is -0.494 e. The first-order chi connectivity index (χ1) is 18.0. The number of fused-ring (bicyclic) bond motifs is 1. The first kappa shape index (κ1) is 26.4. The summed E-state index contributed by atoms with van der Waals surface area (Å²) in [5, 5.41) is 6.37. The monoisotopic (exact) mass is 623 g/mol. The molecule has 11 heteroatoms. The molecule has 0 saturated carbocycles. The molecule has 37 heavy (non-hydrogen) atoms. The highest BCUT2D eigenvalue weighted by molar-refractivity contribution is 9.10. The second-order valence-electron chi connectivity index (χ2n) is 8.66. The molecule has 2 aliphatic rings. The van der Waals surface area contributed by atoms with Gasteiger partial charge in [-0.15, -0.1) is 11.3 Å². The fourth-order valence-electron chi connectivity index (χ4n) is 4.71. The van der Waals surface area contributed by atoms with Gasteiger partial charge in [-0.1, -0.05) is 36.2 Å². The Hall–Kier alpha value is -2.17. The van der Waals surface area contributed by atoms with Gasteiger partial charge in [0.25, 0.3) is 0 Å². The van der Waals surface area contributed by atoms with Crippen molar-refractivity contribution in [3.05, 3.63) is 55.1 Å². The van der Waals surface area contributed by atoms with Gasteiger partial charge in [-0.05, 0) is 52.1 Å². The van der Waals surface area contributed by atoms with Gasteiger partial charge in [0.1, 0.15) is 27.0 Å². The standard InChI is InChI=1S/C26H28BrCl2N5O2S/c1-4-32-9-11-33(12-10-32)17-7-5-6-16(14-17)31-26-25-18(8-13-37-25)34(15-30-26)22-20(28)23(35-2)19(27)24(36-3)21(22)29/h5-8,13-14H,4,9-12,15H2,1-3H3,(H,30,31). The van der Waals surface area contributed by atoms with Crippen LogP contribution in [0.25, 0.3) is 0 Å². The van der Waals surface area contributed by atoms with E-state index >= 15 is 0 Å². The summed E-state index contributed by atoms with van der Waals surface area (Å²) in [4.78, 5) is 12.8. The van der Waals surface area contributed by atoms with E-state index in [1.54, 1.807) is 25.6 Å². The molecule has 3 heterocycles. The lowest BCUT2D eigenvalue weighted by Crippen LogP contribution is -2.46. The predicted octanol–water partition coefficient (Wildman–Crippen LogP) is 6.94. The Bertz CT molecular complexity index is 1300. The van der Waals surface area contributed by atoms with Crippen LogP contribution in [0.3, 0.4) is 0 Å². The first-order valence-electron chi connectivity index (χ1n) is 12.0. The van der Waals surface area contributed by atoms with Crippen molar-refractivity contribution in [2.75, 3.05) is 68.7 Å². The Kier molecular flexibility index (Phi) is 8.07. The van der Waals surface area contributed by atoms with Crippen LogP contribution in [0.5, 0.6) is 11.5 Å². The number of aliphatic imine (C=N–C) groups is 1. The molecular formula is C26H28BrCl2N5O2S. The molecule has 1 aromatic heterocycles. The lowest BCUT2D eigenvalue weighted by atomic mass is 10.2. The molecule has 0 spiro atoms. The summed E-state index contributed by atoms with van der Waals surface area (Å²) in [7, 11) is 3.13. The summed E-state index contributed by atoms with van der Waals surface area (Å²) in [5.74, 6) is 1.73. The van der Waals surface area contributed by atoms with Gasteiger partial charge in [-0.3, -0.25) is 0 Å². The number of likely N-dealkylation sites (N-methyl/N-ethyl adjacent to an activating group) is 1. The minimum absolute atomic E-state index is 0.331. The van der Waals surface area contributed by atoms with E-state index in [2.05, 4.69) is 62.2 Å². The van der Waals surface area contributed by atoms with Crippen LogP contribution in [-0.4, -0.2) is 64.3 Å². The van der Waals surface area contributed by atoms with Crippen LogP contribution in [-0.2, 0) is 0 Å². The highest BCUT2D eigenvalue weighted by atomic mass is 79.9. The molecule has 5 rings (SSSR count). The van der Waals surface area contributed by atoms with Crippen molar-refractivity contribution >= 4 is 79.1 Å². The van der Waals surface area contributed by atoms with Crippen LogP contribution in [0.15, 0.2) is 45.2 Å². The number of anilines is 4. The fraction of sp³-hybridized carbons (Fsp3) is 0.346. The Balaban J connectivity index is 1.43. The lowest BCUT2D eigenvalue weighted by Gasteiger charge is -2.35. The summed E-state index contributed by atoms with van der Waals surface area (Å²) < 4.78 is 11.7. The van der Waals surface area contributed by atoms with Crippen molar-refractivity contribution in [3.8, 4) is 11.5 Å². The van der Waals surface area contributed by atoms with Crippen LogP contribution in [0.1, 0.15) is 11.8 Å². The third kappa shape index (κ3) is 5.00. The van der Waals surface area contributed by atoms with Crippen molar-refractivity contribution < 1.29 is 9.47 Å². The van der Waals surface area contributed by atoms with Gasteiger partial charge >= 0.3 is 0 Å². The summed E-state index contributed by atoms with van der Waals surface area (Å²) in [6.45, 7) is 7.90. The van der Waals surface area contributed by atoms with Gasteiger partial charge in [-0.25, -0.2) is 4.99 Å². The molecule has 1 fully saturated rings. The predicted molar refractivity (Wildman–Crippen MR) is 160 cm³/mol. The van der Waals surface area contributed by atoms with E-state index in [0.29, 0.717) is 38.4 Å². The third-order valence-corrected chi connectivity index (χ3v) is 9.04. The number of rotatable bonds is 6. The SMILES string of the molecule is CCN1CCN(c2cccc(NC3=NCN(c4c(Cl)c(OC)c(Br)c(OC)c4Cl)c4ccsc43)c2)CC1. The van der Waals surface area contributed by atoms with Crippen molar-refractivity contribution in [1.29, 1.82) is 0 Å². The number of hydrogen-bond acceptors (Lipinski definition) is 8. The molecule has 1 saturated heterocycles. The molecule has 0 bridgehead atoms. The van der Waals surface area contributed by atoms with E-state index in [1.165, 1.54) is 5.69 Å². The summed E-state index contributed by atoms with van der Waals surface area (Å²) >= 11 is 18.7. The summed E-state index contributed by atoms with van der Waals surface area (Å²) in [5.41, 5.74) is 3.78. The van der Waals surface area contributed by atoms with Crippen molar-refractivity contribution in [3.63, 3.8) is 0 Å². The minimum atomic E-state index is 0.331. The average Bonchev–Trinajstić information content (AvgIpc) is 3.41. The maximum Gasteiger partial charge on any atom is 0.157 e. The number of thiophene rings is 1. The molecule has 196 valence electrons. The number of piperazine rings is 1. The first-order valence-corrected chi connectivity index (χ1v) is 14.4. The number of ether oxygens (including phenoxy) is 2. The fourth-order valence-corrected chi connectivity index (χ4v) is 7.30. The van der Waals surface area contributed by atoms with Crippen LogP contribution < -0.4 is 24.6 Å². The molecule has 1 N–H and O–H groups in total. The number of amidine groups is 1. The van der Waals surface area contributed by atoms with Crippen molar-refractivity contribution in [2.45, 2.75) is 6.92 Å². The van der Waals surface area contributed by atoms with E-state index in [9.17, 15) is 0 Å². The third-order valence-electron chi connectivity index (χ3n) is 6.71. The molecule has 7 nitrogen and oxygen atoms in total. The number of hydrogen-bond donors (Lipinski definition) is 1. The Morgan fingerprint density at radius 3 is 2.41 bits per heavy atom. The van der Waals surface area contributed by atoms with Crippen LogP contribution in [0.4, 0.5) is 22.7 Å². The second-order valence-corrected chi connectivity index (χ2v) is 11.1. The largest absolute Gasteiger partial charge is 0.494 e. The Labute approximate surface area is 239 Å². The maximum atomic E-state index is 6.79. The highest BCUT2D eigenvalue weighted by Crippen LogP contribution is 2.54. The quantitative estimate of drug-likeness (QED) is 0.320. The number of nitrogens with one attached hydrogen (secondary N) is 1. The zero-order valence-corrected chi connectivity index (χ0v) is 24.8. The van der Waals surface area contributed by atoms with E-state index in [4.69, 9.17) is 37.7 Å². The Morgan fingerprint density at radius 1 is 1.05 bits per heavy atom. The number of halogens is 3. The number of nitrogens with zero attached hydrogens (tertiary/aromatic N) is 4. The molecule has 2 aromatic carbocycles. The zero-order valence-electron chi connectivity index (χ0n) is 20.9. The normalized spacial score (nSPS) is 15.9. The van der Waals surface area contributed by atoms with Gasteiger partial charge in [0.15, 0.2) is 11.5 Å². The highest BCUT2D eigenvalue weighted by Gasteiger charge is 2.31. The molecular weight excluding hydrogens is 597 g/mol. The Morgan fingerprint density at radius 2 is 1.76 bits per heavy atom. The molecule has 0 unspecified atom stereocenters. The second kappa shape index (κ2) is 11.3.